The third kappa shape index (κ3) is 4.19. The van der Waals surface area contributed by atoms with Gasteiger partial charge in [-0.05, 0) is 30.5 Å². The molecule has 0 unspecified atom stereocenters. The van der Waals surface area contributed by atoms with Crippen LogP contribution in [0.5, 0.6) is 5.75 Å². The van der Waals surface area contributed by atoms with E-state index in [1.165, 1.54) is 18.5 Å². The minimum Gasteiger partial charge on any atom is -0.497 e. The zero-order valence-electron chi connectivity index (χ0n) is 15.8. The van der Waals surface area contributed by atoms with Crippen LogP contribution < -0.4 is 10.1 Å². The van der Waals surface area contributed by atoms with E-state index in [0.717, 1.165) is 22.6 Å². The lowest BCUT2D eigenvalue weighted by Crippen LogP contribution is -2.29. The van der Waals surface area contributed by atoms with Gasteiger partial charge in [0.1, 0.15) is 5.75 Å². The Morgan fingerprint density at radius 1 is 1.29 bits per heavy atom. The molecule has 2 aromatic heterocycles. The highest BCUT2D eigenvalue weighted by atomic mass is 16.5. The fraction of sp³-hybridized carbons (Fsp3) is 0.333. The molecule has 7 nitrogen and oxygen atoms in total. The molecular formula is C21H23N5O2. The van der Waals surface area contributed by atoms with Crippen LogP contribution >= 0.6 is 0 Å². The molecule has 0 aliphatic heterocycles. The highest BCUT2D eigenvalue weighted by molar-refractivity contribution is 5.78. The topological polar surface area (TPSA) is 81.9 Å². The second-order valence-electron chi connectivity index (χ2n) is 6.91. The van der Waals surface area contributed by atoms with Gasteiger partial charge < -0.3 is 10.1 Å². The Hall–Kier alpha value is -3.22. The number of benzene rings is 1. The maximum absolute atomic E-state index is 12.3. The minimum absolute atomic E-state index is 0.0115. The molecule has 4 rings (SSSR count). The van der Waals surface area contributed by atoms with Gasteiger partial charge in [-0.3, -0.25) is 19.4 Å². The van der Waals surface area contributed by atoms with E-state index in [0.29, 0.717) is 25.4 Å². The summed E-state index contributed by atoms with van der Waals surface area (Å²) in [6.45, 7) is 1.17. The van der Waals surface area contributed by atoms with Crippen molar-refractivity contribution < 1.29 is 9.53 Å². The molecule has 2 heterocycles. The molecule has 3 aromatic rings. The van der Waals surface area contributed by atoms with Gasteiger partial charge in [0.15, 0.2) is 0 Å². The summed E-state index contributed by atoms with van der Waals surface area (Å²) in [5.41, 5.74) is 4.01. The zero-order valence-corrected chi connectivity index (χ0v) is 15.8. The predicted molar refractivity (Wildman–Crippen MR) is 105 cm³/mol. The summed E-state index contributed by atoms with van der Waals surface area (Å²) >= 11 is 0. The van der Waals surface area contributed by atoms with Crippen LogP contribution in [0.2, 0.25) is 0 Å². The lowest BCUT2D eigenvalue weighted by atomic mass is 10.1. The number of aromatic nitrogens is 4. The molecule has 1 aromatic carbocycles. The van der Waals surface area contributed by atoms with E-state index in [2.05, 4.69) is 20.4 Å². The summed E-state index contributed by atoms with van der Waals surface area (Å²) in [7, 11) is 1.62. The van der Waals surface area contributed by atoms with Crippen molar-refractivity contribution in [3.8, 4) is 17.0 Å². The van der Waals surface area contributed by atoms with Crippen molar-refractivity contribution >= 4 is 5.91 Å². The van der Waals surface area contributed by atoms with E-state index in [1.54, 1.807) is 25.7 Å². The Morgan fingerprint density at radius 3 is 2.93 bits per heavy atom. The second kappa shape index (κ2) is 8.21. The number of rotatable bonds is 8. The van der Waals surface area contributed by atoms with Crippen LogP contribution in [0.3, 0.4) is 0 Å². The first-order valence-electron chi connectivity index (χ1n) is 9.46. The molecule has 1 aliphatic carbocycles. The molecule has 28 heavy (non-hydrogen) atoms. The average molecular weight is 377 g/mol. The number of carbonyl (C=O) groups excluding carboxylic acids is 1. The van der Waals surface area contributed by atoms with Gasteiger partial charge >= 0.3 is 0 Å². The van der Waals surface area contributed by atoms with Crippen LogP contribution in [-0.2, 0) is 17.8 Å². The molecule has 7 heteroatoms. The zero-order chi connectivity index (χ0) is 19.3. The smallest absolute Gasteiger partial charge is 0.224 e. The van der Waals surface area contributed by atoms with Crippen molar-refractivity contribution in [2.24, 2.45) is 0 Å². The van der Waals surface area contributed by atoms with E-state index >= 15 is 0 Å². The van der Waals surface area contributed by atoms with Crippen LogP contribution in [0.4, 0.5) is 0 Å². The van der Waals surface area contributed by atoms with Crippen LogP contribution in [0, 0.1) is 0 Å². The Labute approximate surface area is 163 Å². The normalized spacial score (nSPS) is 13.3. The van der Waals surface area contributed by atoms with E-state index in [-0.39, 0.29) is 5.91 Å². The number of ether oxygens (including phenoxy) is 1. The lowest BCUT2D eigenvalue weighted by molar-refractivity contribution is -0.120. The SMILES string of the molecule is COc1cccc(CC(=O)NCCn2ncc(-c3cnccn3)c2C2CC2)c1. The van der Waals surface area contributed by atoms with Crippen LogP contribution in [0.25, 0.3) is 11.3 Å². The summed E-state index contributed by atoms with van der Waals surface area (Å²) in [5, 5.41) is 7.52. The van der Waals surface area contributed by atoms with Crippen LogP contribution in [0.15, 0.2) is 49.1 Å². The first-order valence-corrected chi connectivity index (χ1v) is 9.46. The van der Waals surface area contributed by atoms with Gasteiger partial charge in [0.05, 0.1) is 43.9 Å². The fourth-order valence-corrected chi connectivity index (χ4v) is 3.33. The number of hydrogen-bond acceptors (Lipinski definition) is 5. The molecule has 1 saturated carbocycles. The van der Waals surface area contributed by atoms with Gasteiger partial charge in [-0.25, -0.2) is 0 Å². The molecule has 1 amide bonds. The van der Waals surface area contributed by atoms with E-state index in [4.69, 9.17) is 4.74 Å². The van der Waals surface area contributed by atoms with Crippen LogP contribution in [0.1, 0.15) is 30.0 Å². The molecular weight excluding hydrogens is 354 g/mol. The van der Waals surface area contributed by atoms with Crippen molar-refractivity contribution in [1.29, 1.82) is 0 Å². The number of carbonyl (C=O) groups is 1. The van der Waals surface area contributed by atoms with Crippen LogP contribution in [-0.4, -0.2) is 39.3 Å². The van der Waals surface area contributed by atoms with Gasteiger partial charge in [0.2, 0.25) is 5.91 Å². The van der Waals surface area contributed by atoms with Crippen molar-refractivity contribution in [2.75, 3.05) is 13.7 Å². The highest BCUT2D eigenvalue weighted by Gasteiger charge is 2.31. The third-order valence-electron chi connectivity index (χ3n) is 4.83. The largest absolute Gasteiger partial charge is 0.497 e. The molecule has 0 bridgehead atoms. The first-order chi connectivity index (χ1) is 13.7. The predicted octanol–water partition coefficient (Wildman–Crippen LogP) is 2.58. The van der Waals surface area contributed by atoms with Crippen molar-refractivity contribution in [3.63, 3.8) is 0 Å². The molecule has 1 N–H and O–H groups in total. The molecule has 144 valence electrons. The molecule has 0 spiro atoms. The second-order valence-corrected chi connectivity index (χ2v) is 6.91. The van der Waals surface area contributed by atoms with E-state index in [9.17, 15) is 4.79 Å². The van der Waals surface area contributed by atoms with Gasteiger partial charge in [0, 0.05) is 30.4 Å². The third-order valence-corrected chi connectivity index (χ3v) is 4.83. The lowest BCUT2D eigenvalue weighted by Gasteiger charge is -2.10. The number of methoxy groups -OCH3 is 1. The molecule has 0 saturated heterocycles. The standard InChI is InChI=1S/C21H23N5O2/c1-28-17-4-2-3-15(11-17)12-20(27)24-9-10-26-21(16-5-6-16)18(13-25-26)19-14-22-7-8-23-19/h2-4,7-8,11,13-14,16H,5-6,9-10,12H2,1H3,(H,24,27). The van der Waals surface area contributed by atoms with Gasteiger partial charge in [-0.15, -0.1) is 0 Å². The first kappa shape index (κ1) is 18.2. The summed E-state index contributed by atoms with van der Waals surface area (Å²) in [6, 6.07) is 7.56. The van der Waals surface area contributed by atoms with E-state index in [1.807, 2.05) is 35.1 Å². The Bertz CT molecular complexity index is 950. The van der Waals surface area contributed by atoms with Gasteiger partial charge in [0.25, 0.3) is 0 Å². The number of nitrogens with one attached hydrogen (secondary N) is 1. The monoisotopic (exact) mass is 377 g/mol. The maximum atomic E-state index is 12.3. The Morgan fingerprint density at radius 2 is 2.18 bits per heavy atom. The molecule has 0 atom stereocenters. The van der Waals surface area contributed by atoms with E-state index < -0.39 is 0 Å². The highest BCUT2D eigenvalue weighted by Crippen LogP contribution is 2.43. The summed E-state index contributed by atoms with van der Waals surface area (Å²) in [5.74, 6) is 1.27. The maximum Gasteiger partial charge on any atom is 0.224 e. The Balaban J connectivity index is 1.37. The summed E-state index contributed by atoms with van der Waals surface area (Å²) in [6.07, 6.45) is 9.66. The number of hydrogen-bond donors (Lipinski definition) is 1. The number of amides is 1. The number of nitrogens with zero attached hydrogens (tertiary/aromatic N) is 4. The fourth-order valence-electron chi connectivity index (χ4n) is 3.33. The van der Waals surface area contributed by atoms with Crippen molar-refractivity contribution in [3.05, 3.63) is 60.3 Å². The summed E-state index contributed by atoms with van der Waals surface area (Å²) < 4.78 is 7.20. The molecule has 1 aliphatic rings. The van der Waals surface area contributed by atoms with Crippen molar-refractivity contribution in [2.45, 2.75) is 31.7 Å². The average Bonchev–Trinajstić information content (AvgIpc) is 3.48. The quantitative estimate of drug-likeness (QED) is 0.652. The Kier molecular flexibility index (Phi) is 5.32. The summed E-state index contributed by atoms with van der Waals surface area (Å²) in [4.78, 5) is 20.8. The molecule has 1 fully saturated rings. The minimum atomic E-state index is -0.0115. The van der Waals surface area contributed by atoms with Crippen molar-refractivity contribution in [1.82, 2.24) is 25.1 Å². The molecule has 0 radical (unpaired) electrons. The van der Waals surface area contributed by atoms with Gasteiger partial charge in [-0.2, -0.15) is 5.10 Å². The van der Waals surface area contributed by atoms with Gasteiger partial charge in [-0.1, -0.05) is 12.1 Å².